The molecule has 15 heavy (non-hydrogen) atoms. The number of amides is 1. The Hall–Kier alpha value is -1.12. The van der Waals surface area contributed by atoms with E-state index in [1.165, 1.54) is 5.48 Å². The molecule has 1 amide bonds. The van der Waals surface area contributed by atoms with Gasteiger partial charge in [0.2, 0.25) is 5.82 Å². The summed E-state index contributed by atoms with van der Waals surface area (Å²) < 4.78 is 3.48. The predicted octanol–water partition coefficient (Wildman–Crippen LogP) is -0.552. The maximum absolute atomic E-state index is 11.1. The van der Waals surface area contributed by atoms with Gasteiger partial charge in [0.15, 0.2) is 0 Å². The van der Waals surface area contributed by atoms with Crippen molar-refractivity contribution in [2.24, 2.45) is 0 Å². The first kappa shape index (κ1) is 10.4. The molecule has 2 N–H and O–H groups in total. The van der Waals surface area contributed by atoms with Crippen molar-refractivity contribution in [1.29, 1.82) is 0 Å². The third-order valence-corrected chi connectivity index (χ3v) is 2.50. The third kappa shape index (κ3) is 2.11. The van der Waals surface area contributed by atoms with Crippen molar-refractivity contribution in [2.75, 3.05) is 6.54 Å². The van der Waals surface area contributed by atoms with Crippen molar-refractivity contribution in [2.45, 2.75) is 19.5 Å². The summed E-state index contributed by atoms with van der Waals surface area (Å²) >= 11 is 4.24. The minimum atomic E-state index is -0.693. The summed E-state index contributed by atoms with van der Waals surface area (Å²) in [7, 11) is 0. The highest BCUT2D eigenvalue weighted by molar-refractivity contribution is 7.77. The smallest absolute Gasteiger partial charge is 0.288 e. The van der Waals surface area contributed by atoms with E-state index in [0.717, 1.165) is 13.0 Å². The molecule has 1 aromatic heterocycles. The van der Waals surface area contributed by atoms with Gasteiger partial charge in [-0.3, -0.25) is 10.0 Å². The van der Waals surface area contributed by atoms with Crippen LogP contribution in [-0.4, -0.2) is 36.7 Å². The van der Waals surface area contributed by atoms with Crippen LogP contribution < -0.4 is 5.48 Å². The molecular weight excluding hydrogens is 218 g/mol. The van der Waals surface area contributed by atoms with E-state index in [1.807, 2.05) is 4.31 Å². The Bertz CT molecular complexity index is 379. The van der Waals surface area contributed by atoms with Crippen LogP contribution in [0.5, 0.6) is 0 Å². The Morgan fingerprint density at radius 2 is 2.33 bits per heavy atom. The zero-order valence-electron chi connectivity index (χ0n) is 7.92. The lowest BCUT2D eigenvalue weighted by atomic mass is 10.4. The summed E-state index contributed by atoms with van der Waals surface area (Å²) in [5.41, 5.74) is 1.51. The van der Waals surface area contributed by atoms with Crippen molar-refractivity contribution >= 4 is 18.7 Å². The molecule has 8 heteroatoms. The molecule has 2 rings (SSSR count). The monoisotopic (exact) mass is 229 g/mol. The number of hydrogen-bond acceptors (Lipinski definition) is 6. The van der Waals surface area contributed by atoms with Crippen LogP contribution in [0.25, 0.3) is 0 Å². The van der Waals surface area contributed by atoms with Crippen molar-refractivity contribution in [3.8, 4) is 0 Å². The number of nitrogens with zero attached hydrogens (tertiary/aromatic N) is 4. The number of thiol groups is 1. The van der Waals surface area contributed by atoms with E-state index >= 15 is 0 Å². The molecule has 2 heterocycles. The number of hydrogen-bond donors (Lipinski definition) is 3. The molecule has 82 valence electrons. The molecule has 0 unspecified atom stereocenters. The van der Waals surface area contributed by atoms with Gasteiger partial charge in [0.25, 0.3) is 0 Å². The van der Waals surface area contributed by atoms with Crippen molar-refractivity contribution in [1.82, 2.24) is 24.5 Å². The fraction of sp³-hybridized carbons (Fsp3) is 0.571. The van der Waals surface area contributed by atoms with Gasteiger partial charge in [-0.1, -0.05) is 12.8 Å². The van der Waals surface area contributed by atoms with E-state index in [2.05, 4.69) is 22.9 Å². The van der Waals surface area contributed by atoms with Gasteiger partial charge in [-0.2, -0.15) is 0 Å². The fourth-order valence-corrected chi connectivity index (χ4v) is 1.73. The molecule has 7 nitrogen and oxygen atoms in total. The summed E-state index contributed by atoms with van der Waals surface area (Å²) in [5, 5.41) is 12.4. The number of aromatic nitrogens is 3. The Labute approximate surface area is 91.6 Å². The molecule has 0 aromatic carbocycles. The van der Waals surface area contributed by atoms with Crippen LogP contribution in [0.4, 0.5) is 0 Å². The summed E-state index contributed by atoms with van der Waals surface area (Å²) in [6, 6.07) is 0. The van der Waals surface area contributed by atoms with Gasteiger partial charge in [0, 0.05) is 13.1 Å². The molecular formula is C7H11N5O2S. The second kappa shape index (κ2) is 4.17. The highest BCUT2D eigenvalue weighted by Crippen LogP contribution is 2.11. The van der Waals surface area contributed by atoms with E-state index < -0.39 is 5.91 Å². The average molecular weight is 229 g/mol. The van der Waals surface area contributed by atoms with E-state index in [1.54, 1.807) is 4.68 Å². The van der Waals surface area contributed by atoms with Gasteiger partial charge >= 0.3 is 5.91 Å². The van der Waals surface area contributed by atoms with Crippen LogP contribution in [0, 0.1) is 0 Å². The standard InChI is InChI=1S/C7H11N5O2S/c13-7(10-14)6-8-5-4-11(15)2-1-3-12(5)9-6/h14-15H,1-4H2,(H,10,13). The Kier molecular flexibility index (Phi) is 2.89. The molecule has 1 aliphatic rings. The zero-order chi connectivity index (χ0) is 10.8. The summed E-state index contributed by atoms with van der Waals surface area (Å²) in [5.74, 6) is -0.0291. The van der Waals surface area contributed by atoms with E-state index in [4.69, 9.17) is 5.21 Å². The lowest BCUT2D eigenvalue weighted by Gasteiger charge is -2.08. The topological polar surface area (TPSA) is 83.3 Å². The SMILES string of the molecule is O=C(NO)c1nc2n(n1)CCCN(S)C2. The van der Waals surface area contributed by atoms with Gasteiger partial charge < -0.3 is 0 Å². The highest BCUT2D eigenvalue weighted by atomic mass is 32.1. The number of nitrogens with one attached hydrogen (secondary N) is 1. The van der Waals surface area contributed by atoms with Gasteiger partial charge in [-0.05, 0) is 6.42 Å². The number of fused-ring (bicyclic) bond motifs is 1. The third-order valence-electron chi connectivity index (χ3n) is 2.16. The van der Waals surface area contributed by atoms with E-state index in [-0.39, 0.29) is 5.82 Å². The first-order valence-corrected chi connectivity index (χ1v) is 4.92. The maximum Gasteiger partial charge on any atom is 0.314 e. The first-order valence-electron chi connectivity index (χ1n) is 4.52. The van der Waals surface area contributed by atoms with Gasteiger partial charge in [-0.25, -0.2) is 19.5 Å². The molecule has 0 atom stereocenters. The number of carbonyl (C=O) groups excluding carboxylic acids is 1. The number of rotatable bonds is 1. The minimum absolute atomic E-state index is 0.0175. The van der Waals surface area contributed by atoms with E-state index in [0.29, 0.717) is 18.9 Å². The molecule has 1 aliphatic heterocycles. The average Bonchev–Trinajstić information content (AvgIpc) is 2.53. The summed E-state index contributed by atoms with van der Waals surface area (Å²) in [6.07, 6.45) is 0.903. The molecule has 1 aromatic rings. The Balaban J connectivity index is 2.27. The van der Waals surface area contributed by atoms with Crippen molar-refractivity contribution < 1.29 is 10.0 Å². The lowest BCUT2D eigenvalue weighted by Crippen LogP contribution is -2.20. The van der Waals surface area contributed by atoms with Crippen LogP contribution >= 0.6 is 12.8 Å². The highest BCUT2D eigenvalue weighted by Gasteiger charge is 2.19. The second-order valence-corrected chi connectivity index (χ2v) is 3.82. The molecule has 0 spiro atoms. The maximum atomic E-state index is 11.1. The van der Waals surface area contributed by atoms with Crippen molar-refractivity contribution in [3.63, 3.8) is 0 Å². The van der Waals surface area contributed by atoms with Crippen LogP contribution in [0.3, 0.4) is 0 Å². The molecule has 0 saturated carbocycles. The van der Waals surface area contributed by atoms with Crippen LogP contribution in [-0.2, 0) is 13.1 Å². The second-order valence-electron chi connectivity index (χ2n) is 3.26. The largest absolute Gasteiger partial charge is 0.314 e. The zero-order valence-corrected chi connectivity index (χ0v) is 8.81. The van der Waals surface area contributed by atoms with Crippen LogP contribution in [0.1, 0.15) is 22.9 Å². The molecule has 0 radical (unpaired) electrons. The number of aryl methyl sites for hydroxylation is 1. The van der Waals surface area contributed by atoms with Crippen LogP contribution in [0.15, 0.2) is 0 Å². The molecule has 0 fully saturated rings. The number of carbonyl (C=O) groups is 1. The molecule has 0 aliphatic carbocycles. The number of hydroxylamine groups is 1. The predicted molar refractivity (Wildman–Crippen MR) is 53.3 cm³/mol. The fourth-order valence-electron chi connectivity index (χ4n) is 1.46. The molecule has 0 bridgehead atoms. The Morgan fingerprint density at radius 1 is 1.53 bits per heavy atom. The van der Waals surface area contributed by atoms with Gasteiger partial charge in [-0.15, -0.1) is 5.10 Å². The van der Waals surface area contributed by atoms with Crippen molar-refractivity contribution in [3.05, 3.63) is 11.6 Å². The van der Waals surface area contributed by atoms with E-state index in [9.17, 15) is 4.79 Å². The summed E-state index contributed by atoms with van der Waals surface area (Å²) in [4.78, 5) is 15.1. The quantitative estimate of drug-likeness (QED) is 0.342. The molecule has 0 saturated heterocycles. The Morgan fingerprint density at radius 3 is 3.07 bits per heavy atom. The van der Waals surface area contributed by atoms with Crippen LogP contribution in [0.2, 0.25) is 0 Å². The van der Waals surface area contributed by atoms with Gasteiger partial charge in [0.05, 0.1) is 6.54 Å². The normalized spacial score (nSPS) is 16.9. The minimum Gasteiger partial charge on any atom is -0.288 e. The lowest BCUT2D eigenvalue weighted by molar-refractivity contribution is 0.0694. The summed E-state index contributed by atoms with van der Waals surface area (Å²) in [6.45, 7) is 2.10. The van der Waals surface area contributed by atoms with Gasteiger partial charge in [0.1, 0.15) is 5.82 Å². The first-order chi connectivity index (χ1) is 7.20.